The van der Waals surface area contributed by atoms with Gasteiger partial charge in [0.05, 0.1) is 13.7 Å². The molecule has 0 saturated heterocycles. The second-order valence-electron chi connectivity index (χ2n) is 4.39. The van der Waals surface area contributed by atoms with Crippen LogP contribution in [0.5, 0.6) is 5.75 Å². The molecule has 0 aliphatic carbocycles. The van der Waals surface area contributed by atoms with Crippen LogP contribution in [-0.4, -0.2) is 48.7 Å². The first kappa shape index (κ1) is 16.0. The number of ether oxygens (including phenoxy) is 2. The van der Waals surface area contributed by atoms with Crippen molar-refractivity contribution < 1.29 is 24.2 Å². The number of carbonyl (C=O) groups excluding carboxylic acids is 1. The average molecular weight is 281 g/mol. The number of likely N-dealkylation sites (N-methyl/N-ethyl adjacent to an activating group) is 1. The van der Waals surface area contributed by atoms with Crippen molar-refractivity contribution in [2.24, 2.45) is 0 Å². The number of methoxy groups -OCH3 is 1. The Bertz CT molecular complexity index is 474. The van der Waals surface area contributed by atoms with E-state index < -0.39 is 12.1 Å². The van der Waals surface area contributed by atoms with Gasteiger partial charge < -0.3 is 19.5 Å². The zero-order chi connectivity index (χ0) is 15.1. The topological polar surface area (TPSA) is 76.1 Å². The van der Waals surface area contributed by atoms with Crippen LogP contribution in [0.3, 0.4) is 0 Å². The van der Waals surface area contributed by atoms with Crippen LogP contribution < -0.4 is 4.74 Å². The number of hydrogen-bond donors (Lipinski definition) is 1. The molecule has 1 atom stereocenters. The summed E-state index contributed by atoms with van der Waals surface area (Å²) in [6, 6.07) is 7.33. The number of nitrogens with zero attached hydrogens (tertiary/aromatic N) is 1. The van der Waals surface area contributed by atoms with Crippen LogP contribution in [0, 0.1) is 0 Å². The summed E-state index contributed by atoms with van der Waals surface area (Å²) in [6.07, 6.45) is -0.703. The van der Waals surface area contributed by atoms with Gasteiger partial charge in [-0.15, -0.1) is 0 Å². The Balaban J connectivity index is 2.51. The quantitative estimate of drug-likeness (QED) is 0.811. The van der Waals surface area contributed by atoms with E-state index in [-0.39, 0.29) is 19.1 Å². The highest BCUT2D eigenvalue weighted by Crippen LogP contribution is 2.14. The smallest absolute Gasteiger partial charge is 0.323 e. The Morgan fingerprint density at radius 3 is 2.70 bits per heavy atom. The molecule has 0 spiro atoms. The van der Waals surface area contributed by atoms with E-state index in [1.165, 1.54) is 7.05 Å². The zero-order valence-corrected chi connectivity index (χ0v) is 11.8. The molecule has 1 N–H and O–H groups in total. The van der Waals surface area contributed by atoms with E-state index >= 15 is 0 Å². The van der Waals surface area contributed by atoms with Crippen LogP contribution in [0.4, 0.5) is 0 Å². The monoisotopic (exact) mass is 281 g/mol. The van der Waals surface area contributed by atoms with Crippen molar-refractivity contribution in [3.63, 3.8) is 0 Å². The lowest BCUT2D eigenvalue weighted by molar-refractivity contribution is -0.149. The molecule has 110 valence electrons. The van der Waals surface area contributed by atoms with E-state index in [1.807, 2.05) is 24.3 Å². The molecule has 0 saturated carbocycles. The molecule has 1 unspecified atom stereocenters. The minimum atomic E-state index is -1.05. The Morgan fingerprint density at radius 2 is 2.10 bits per heavy atom. The maximum atomic E-state index is 11.8. The van der Waals surface area contributed by atoms with Gasteiger partial charge in [0, 0.05) is 7.05 Å². The van der Waals surface area contributed by atoms with Gasteiger partial charge in [0.2, 0.25) is 0 Å². The van der Waals surface area contributed by atoms with Gasteiger partial charge in [-0.3, -0.25) is 9.59 Å². The lowest BCUT2D eigenvalue weighted by Crippen LogP contribution is -2.39. The molecule has 0 fully saturated rings. The molecule has 0 aliphatic rings. The molecule has 1 amide bonds. The van der Waals surface area contributed by atoms with Gasteiger partial charge in [0.15, 0.2) is 0 Å². The summed E-state index contributed by atoms with van der Waals surface area (Å²) in [5.74, 6) is -0.704. The number of aliphatic carboxylic acids is 1. The number of carboxylic acid groups (broad SMARTS) is 1. The lowest BCUT2D eigenvalue weighted by Gasteiger charge is -2.20. The van der Waals surface area contributed by atoms with Gasteiger partial charge in [-0.05, 0) is 24.6 Å². The third-order valence-corrected chi connectivity index (χ3v) is 2.73. The van der Waals surface area contributed by atoms with E-state index in [9.17, 15) is 9.59 Å². The van der Waals surface area contributed by atoms with Gasteiger partial charge in [-0.1, -0.05) is 12.1 Å². The minimum absolute atomic E-state index is 0.255. The first-order valence-corrected chi connectivity index (χ1v) is 6.15. The predicted octanol–water partition coefficient (Wildman–Crippen LogP) is 1.14. The van der Waals surface area contributed by atoms with Crippen LogP contribution in [0.15, 0.2) is 24.3 Å². The van der Waals surface area contributed by atoms with E-state index in [1.54, 1.807) is 14.0 Å². The molecule has 0 aromatic heterocycles. The lowest BCUT2D eigenvalue weighted by atomic mass is 10.2. The molecular formula is C14H19NO5. The van der Waals surface area contributed by atoms with E-state index in [0.717, 1.165) is 10.5 Å². The van der Waals surface area contributed by atoms with E-state index in [0.29, 0.717) is 5.75 Å². The summed E-state index contributed by atoms with van der Waals surface area (Å²) in [5, 5.41) is 8.63. The van der Waals surface area contributed by atoms with Gasteiger partial charge in [-0.2, -0.15) is 0 Å². The number of carbonyl (C=O) groups is 2. The fraction of sp³-hybridized carbons (Fsp3) is 0.429. The minimum Gasteiger partial charge on any atom is -0.497 e. The van der Waals surface area contributed by atoms with Crippen molar-refractivity contribution in [3.05, 3.63) is 29.8 Å². The molecule has 0 radical (unpaired) electrons. The molecule has 1 aromatic rings. The summed E-state index contributed by atoms with van der Waals surface area (Å²) in [5.41, 5.74) is 0.880. The Labute approximate surface area is 117 Å². The van der Waals surface area contributed by atoms with Crippen molar-refractivity contribution in [3.8, 4) is 5.75 Å². The standard InChI is InChI=1S/C14H19NO5/c1-10(14(18)15(2)8-13(16)17)20-9-11-5-4-6-12(7-11)19-3/h4-7,10H,8-9H2,1-3H3,(H,16,17). The summed E-state index contributed by atoms with van der Waals surface area (Å²) >= 11 is 0. The van der Waals surface area contributed by atoms with Crippen LogP contribution in [-0.2, 0) is 20.9 Å². The summed E-state index contributed by atoms with van der Waals surface area (Å²) in [7, 11) is 3.01. The summed E-state index contributed by atoms with van der Waals surface area (Å²) in [4.78, 5) is 23.5. The first-order valence-electron chi connectivity index (χ1n) is 6.15. The van der Waals surface area contributed by atoms with Gasteiger partial charge in [0.25, 0.3) is 5.91 Å². The number of hydrogen-bond acceptors (Lipinski definition) is 4. The SMILES string of the molecule is COc1cccc(COC(C)C(=O)N(C)CC(=O)O)c1. The molecule has 0 heterocycles. The molecule has 1 rings (SSSR count). The van der Waals surface area contributed by atoms with Crippen molar-refractivity contribution >= 4 is 11.9 Å². The normalized spacial score (nSPS) is 11.8. The number of carboxylic acids is 1. The van der Waals surface area contributed by atoms with Gasteiger partial charge in [0.1, 0.15) is 18.4 Å². The van der Waals surface area contributed by atoms with Crippen LogP contribution in [0.2, 0.25) is 0 Å². The number of amides is 1. The largest absolute Gasteiger partial charge is 0.497 e. The Kier molecular flexibility index (Phi) is 5.99. The molecular weight excluding hydrogens is 262 g/mol. The summed E-state index contributed by atoms with van der Waals surface area (Å²) < 4.78 is 10.5. The fourth-order valence-corrected chi connectivity index (χ4v) is 1.65. The zero-order valence-electron chi connectivity index (χ0n) is 11.8. The molecule has 20 heavy (non-hydrogen) atoms. The number of rotatable bonds is 7. The highest BCUT2D eigenvalue weighted by molar-refractivity contribution is 5.84. The molecule has 0 bridgehead atoms. The second kappa shape index (κ2) is 7.49. The molecule has 6 nitrogen and oxygen atoms in total. The third-order valence-electron chi connectivity index (χ3n) is 2.73. The van der Waals surface area contributed by atoms with Crippen molar-refractivity contribution in [2.45, 2.75) is 19.6 Å². The first-order chi connectivity index (χ1) is 9.43. The Hall–Kier alpha value is -2.08. The van der Waals surface area contributed by atoms with Gasteiger partial charge >= 0.3 is 5.97 Å². The highest BCUT2D eigenvalue weighted by atomic mass is 16.5. The van der Waals surface area contributed by atoms with Crippen molar-refractivity contribution in [1.29, 1.82) is 0 Å². The predicted molar refractivity (Wildman–Crippen MR) is 72.5 cm³/mol. The fourth-order valence-electron chi connectivity index (χ4n) is 1.65. The molecule has 0 aliphatic heterocycles. The molecule has 6 heteroatoms. The third kappa shape index (κ3) is 4.89. The Morgan fingerprint density at radius 1 is 1.40 bits per heavy atom. The van der Waals surface area contributed by atoms with Crippen molar-refractivity contribution in [2.75, 3.05) is 20.7 Å². The number of benzene rings is 1. The van der Waals surface area contributed by atoms with E-state index in [2.05, 4.69) is 0 Å². The van der Waals surface area contributed by atoms with Crippen LogP contribution in [0.25, 0.3) is 0 Å². The van der Waals surface area contributed by atoms with Crippen molar-refractivity contribution in [1.82, 2.24) is 4.90 Å². The van der Waals surface area contributed by atoms with Crippen LogP contribution >= 0.6 is 0 Å². The van der Waals surface area contributed by atoms with Gasteiger partial charge in [-0.25, -0.2) is 0 Å². The summed E-state index contributed by atoms with van der Waals surface area (Å²) in [6.45, 7) is 1.51. The highest BCUT2D eigenvalue weighted by Gasteiger charge is 2.19. The van der Waals surface area contributed by atoms with E-state index in [4.69, 9.17) is 14.6 Å². The maximum absolute atomic E-state index is 11.8. The average Bonchev–Trinajstić information content (AvgIpc) is 2.43. The maximum Gasteiger partial charge on any atom is 0.323 e. The van der Waals surface area contributed by atoms with Crippen LogP contribution in [0.1, 0.15) is 12.5 Å². The second-order valence-corrected chi connectivity index (χ2v) is 4.39. The molecule has 1 aromatic carbocycles.